The molecule has 0 amide bonds. The van der Waals surface area contributed by atoms with Gasteiger partial charge in [0.2, 0.25) is 5.95 Å². The summed E-state index contributed by atoms with van der Waals surface area (Å²) in [6, 6.07) is 55.3. The maximum atomic E-state index is 5.23. The SMILES string of the molecule is C=C1/C=C\C=C/CN(c2ccccc2)c2ccc(-c3ccc4c5ccccc5n(-c5nc(-c6ccccc6)cc(-c6ccccc6)n5)c4c3)cc21. The minimum Gasteiger partial charge on any atom is -0.337 e. The third-order valence-electron chi connectivity index (χ3n) is 9.59. The molecular weight excluding hydrogens is 621 g/mol. The normalized spacial score (nSPS) is 14.1. The van der Waals surface area contributed by atoms with Crippen LogP contribution in [0.15, 0.2) is 189 Å². The van der Waals surface area contributed by atoms with Crippen LogP contribution in [0.5, 0.6) is 0 Å². The van der Waals surface area contributed by atoms with Gasteiger partial charge >= 0.3 is 0 Å². The van der Waals surface area contributed by atoms with Crippen molar-refractivity contribution in [2.75, 3.05) is 11.4 Å². The Bertz CT molecular complexity index is 2560. The number of nitrogens with zero attached hydrogens (tertiary/aromatic N) is 4. The highest BCUT2D eigenvalue weighted by Crippen LogP contribution is 2.39. The van der Waals surface area contributed by atoms with Crippen LogP contribution in [0.3, 0.4) is 0 Å². The molecule has 0 spiro atoms. The van der Waals surface area contributed by atoms with Crippen molar-refractivity contribution in [1.82, 2.24) is 14.5 Å². The zero-order valence-electron chi connectivity index (χ0n) is 28.0. The predicted molar refractivity (Wildman–Crippen MR) is 213 cm³/mol. The lowest BCUT2D eigenvalue weighted by Gasteiger charge is -2.27. The fourth-order valence-electron chi connectivity index (χ4n) is 7.08. The maximum absolute atomic E-state index is 5.23. The van der Waals surface area contributed by atoms with E-state index in [0.717, 1.165) is 84.5 Å². The van der Waals surface area contributed by atoms with Gasteiger partial charge in [0.05, 0.1) is 22.4 Å². The standard InChI is InChI=1S/C47H34N4/c1-33-16-6-5-15-29-50(38-21-11-4-12-22-38)44-28-26-36(30-41(33)44)37-25-27-40-39-23-13-14-24-45(39)51(46(40)31-37)47-48-42(34-17-7-2-8-18-34)32-43(49-47)35-19-9-3-10-20-35/h2-28,30-32H,1,29H2/b15-5-,16-6-. The summed E-state index contributed by atoms with van der Waals surface area (Å²) < 4.78 is 2.22. The lowest BCUT2D eigenvalue weighted by molar-refractivity contribution is 0.996. The van der Waals surface area contributed by atoms with Crippen molar-refractivity contribution in [3.05, 3.63) is 194 Å². The van der Waals surface area contributed by atoms with E-state index in [1.807, 2.05) is 12.1 Å². The van der Waals surface area contributed by atoms with E-state index in [0.29, 0.717) is 5.95 Å². The summed E-state index contributed by atoms with van der Waals surface area (Å²) in [6.45, 7) is 5.25. The third kappa shape index (κ3) is 5.63. The summed E-state index contributed by atoms with van der Waals surface area (Å²) >= 11 is 0. The van der Waals surface area contributed by atoms with Crippen LogP contribution in [0.25, 0.3) is 67.0 Å². The smallest absolute Gasteiger partial charge is 0.235 e. The molecule has 6 aromatic carbocycles. The van der Waals surface area contributed by atoms with Gasteiger partial charge < -0.3 is 4.90 Å². The van der Waals surface area contributed by atoms with Gasteiger partial charge in [-0.2, -0.15) is 0 Å². The topological polar surface area (TPSA) is 34.0 Å². The summed E-state index contributed by atoms with van der Waals surface area (Å²) in [6.07, 6.45) is 8.45. The molecule has 8 aromatic rings. The number of rotatable bonds is 5. The molecule has 0 bridgehead atoms. The number of hydrogen-bond donors (Lipinski definition) is 0. The molecule has 4 heteroatoms. The molecule has 3 heterocycles. The molecular formula is C47H34N4. The largest absolute Gasteiger partial charge is 0.337 e. The fourth-order valence-corrected chi connectivity index (χ4v) is 7.08. The Kier molecular flexibility index (Phi) is 7.67. The highest BCUT2D eigenvalue weighted by atomic mass is 15.2. The Morgan fingerprint density at radius 3 is 1.84 bits per heavy atom. The van der Waals surface area contributed by atoms with Gasteiger partial charge in [-0.25, -0.2) is 9.97 Å². The lowest BCUT2D eigenvalue weighted by atomic mass is 9.96. The molecule has 0 radical (unpaired) electrons. The third-order valence-corrected chi connectivity index (χ3v) is 9.59. The molecule has 9 rings (SSSR count). The minimum absolute atomic E-state index is 0.637. The molecule has 0 saturated heterocycles. The summed E-state index contributed by atoms with van der Waals surface area (Å²) in [5, 5.41) is 2.31. The second kappa shape index (κ2) is 12.9. The molecule has 51 heavy (non-hydrogen) atoms. The van der Waals surface area contributed by atoms with Crippen molar-refractivity contribution in [1.29, 1.82) is 0 Å². The molecule has 0 aliphatic carbocycles. The molecule has 4 nitrogen and oxygen atoms in total. The van der Waals surface area contributed by atoms with Crippen molar-refractivity contribution < 1.29 is 0 Å². The Labute approximate surface area is 297 Å². The maximum Gasteiger partial charge on any atom is 0.235 e. The van der Waals surface area contributed by atoms with Gasteiger partial charge in [0.15, 0.2) is 0 Å². The first-order valence-electron chi connectivity index (χ1n) is 17.2. The van der Waals surface area contributed by atoms with Crippen molar-refractivity contribution in [3.8, 4) is 39.6 Å². The number of anilines is 2. The van der Waals surface area contributed by atoms with E-state index in [2.05, 4.69) is 186 Å². The zero-order valence-corrected chi connectivity index (χ0v) is 28.0. The number of para-hydroxylation sites is 2. The van der Waals surface area contributed by atoms with Gasteiger partial charge in [-0.15, -0.1) is 0 Å². The van der Waals surface area contributed by atoms with Gasteiger partial charge in [-0.3, -0.25) is 4.57 Å². The molecule has 0 N–H and O–H groups in total. The van der Waals surface area contributed by atoms with Crippen LogP contribution in [-0.2, 0) is 0 Å². The monoisotopic (exact) mass is 654 g/mol. The summed E-state index contributed by atoms with van der Waals surface area (Å²) in [5.74, 6) is 0.637. The van der Waals surface area contributed by atoms with Crippen molar-refractivity contribution >= 4 is 38.8 Å². The highest BCUT2D eigenvalue weighted by Gasteiger charge is 2.19. The van der Waals surface area contributed by atoms with Gasteiger partial charge in [-0.1, -0.05) is 146 Å². The average Bonchev–Trinajstić information content (AvgIpc) is 3.56. The molecule has 1 aliphatic rings. The first-order chi connectivity index (χ1) is 25.2. The Balaban J connectivity index is 1.24. The van der Waals surface area contributed by atoms with E-state index in [9.17, 15) is 0 Å². The number of benzene rings is 6. The van der Waals surface area contributed by atoms with Crippen LogP contribution in [0.2, 0.25) is 0 Å². The molecule has 1 aliphatic heterocycles. The number of allylic oxidation sites excluding steroid dienone is 4. The van der Waals surface area contributed by atoms with Crippen LogP contribution in [0, 0.1) is 0 Å². The number of fused-ring (bicyclic) bond motifs is 4. The van der Waals surface area contributed by atoms with Gasteiger partial charge in [-0.05, 0) is 59.2 Å². The van der Waals surface area contributed by atoms with Crippen LogP contribution >= 0.6 is 0 Å². The van der Waals surface area contributed by atoms with Crippen LogP contribution in [0.1, 0.15) is 5.56 Å². The van der Waals surface area contributed by atoms with Crippen LogP contribution in [-0.4, -0.2) is 21.1 Å². The first kappa shape index (κ1) is 30.3. The summed E-state index contributed by atoms with van der Waals surface area (Å²) in [5.41, 5.74) is 12.5. The zero-order chi connectivity index (χ0) is 34.1. The van der Waals surface area contributed by atoms with E-state index >= 15 is 0 Å². The summed E-state index contributed by atoms with van der Waals surface area (Å²) in [4.78, 5) is 12.8. The molecule has 242 valence electrons. The van der Waals surface area contributed by atoms with E-state index in [-0.39, 0.29) is 0 Å². The molecule has 0 fully saturated rings. The minimum atomic E-state index is 0.637. The second-order valence-corrected chi connectivity index (χ2v) is 12.7. The Hall–Kier alpha value is -6.78. The van der Waals surface area contributed by atoms with E-state index < -0.39 is 0 Å². The predicted octanol–water partition coefficient (Wildman–Crippen LogP) is 11.9. The van der Waals surface area contributed by atoms with Gasteiger partial charge in [0, 0.05) is 45.4 Å². The number of hydrogen-bond acceptors (Lipinski definition) is 3. The molecule has 2 aromatic heterocycles. The van der Waals surface area contributed by atoms with Crippen molar-refractivity contribution in [3.63, 3.8) is 0 Å². The Morgan fingerprint density at radius 2 is 1.12 bits per heavy atom. The molecule has 0 saturated carbocycles. The quantitative estimate of drug-likeness (QED) is 0.185. The summed E-state index contributed by atoms with van der Waals surface area (Å²) in [7, 11) is 0. The first-order valence-corrected chi connectivity index (χ1v) is 17.2. The molecule has 0 atom stereocenters. The van der Waals surface area contributed by atoms with Gasteiger partial charge in [0.25, 0.3) is 0 Å². The lowest BCUT2D eigenvalue weighted by Crippen LogP contribution is -2.18. The van der Waals surface area contributed by atoms with E-state index in [1.165, 1.54) is 0 Å². The average molecular weight is 655 g/mol. The van der Waals surface area contributed by atoms with Crippen LogP contribution < -0.4 is 4.90 Å². The van der Waals surface area contributed by atoms with E-state index in [4.69, 9.17) is 9.97 Å². The molecule has 0 unspecified atom stereocenters. The highest BCUT2D eigenvalue weighted by molar-refractivity contribution is 6.10. The number of aromatic nitrogens is 3. The fraction of sp³-hybridized carbons (Fsp3) is 0.0213. The Morgan fingerprint density at radius 1 is 0.510 bits per heavy atom. The van der Waals surface area contributed by atoms with Crippen LogP contribution in [0.4, 0.5) is 11.4 Å². The van der Waals surface area contributed by atoms with Gasteiger partial charge in [0.1, 0.15) is 0 Å². The second-order valence-electron chi connectivity index (χ2n) is 12.7. The van der Waals surface area contributed by atoms with Crippen molar-refractivity contribution in [2.45, 2.75) is 0 Å². The van der Waals surface area contributed by atoms with E-state index in [1.54, 1.807) is 0 Å². The van der Waals surface area contributed by atoms with Crippen molar-refractivity contribution in [2.24, 2.45) is 0 Å².